The number of Topliss-reactive ketones (excluding diaryl/α,β-unsaturated/α-hetero) is 1. The molecule has 0 atom stereocenters. The van der Waals surface area contributed by atoms with E-state index in [0.29, 0.717) is 22.2 Å². The first-order chi connectivity index (χ1) is 29.9. The summed E-state index contributed by atoms with van der Waals surface area (Å²) in [5.74, 6) is 0.555. The Kier molecular flexibility index (Phi) is 14.6. The van der Waals surface area contributed by atoms with Crippen molar-refractivity contribution in [3.05, 3.63) is 168 Å². The smallest absolute Gasteiger partial charge is 0.345 e. The first kappa shape index (κ1) is 44.0. The number of aliphatic imine (C=N–C) groups is 2. The van der Waals surface area contributed by atoms with E-state index in [0.717, 1.165) is 71.1 Å². The van der Waals surface area contributed by atoms with Crippen LogP contribution in [0.2, 0.25) is 10.6 Å². The lowest BCUT2D eigenvalue weighted by molar-refractivity contribution is 0.0702. The molecule has 310 valence electrons. The third-order valence-electron chi connectivity index (χ3n) is 8.96. The number of carboxylic acid groups (broad SMARTS) is 1. The van der Waals surface area contributed by atoms with E-state index in [2.05, 4.69) is 89.5 Å². The van der Waals surface area contributed by atoms with Crippen molar-refractivity contribution in [3.8, 4) is 0 Å². The second kappa shape index (κ2) is 20.6. The van der Waals surface area contributed by atoms with Gasteiger partial charge in [-0.05, 0) is 124 Å². The van der Waals surface area contributed by atoms with Crippen LogP contribution in [0.4, 0.5) is 23.0 Å². The summed E-state index contributed by atoms with van der Waals surface area (Å²) in [7, 11) is 0. The normalized spacial score (nSPS) is 12.0. The first-order valence-electron chi connectivity index (χ1n) is 18.6. The van der Waals surface area contributed by atoms with Gasteiger partial charge in [0, 0.05) is 67.7 Å². The molecule has 0 spiro atoms. The minimum absolute atomic E-state index is 0.0623. The van der Waals surface area contributed by atoms with Crippen LogP contribution in [-0.2, 0) is 6.54 Å². The van der Waals surface area contributed by atoms with Crippen LogP contribution in [0.1, 0.15) is 43.8 Å². The molecule has 0 saturated carbocycles. The molecule has 8 aromatic rings. The first-order valence-corrected chi connectivity index (χ1v) is 21.8. The quantitative estimate of drug-likeness (QED) is 0.0896. The molecule has 0 fully saturated rings. The molecule has 0 radical (unpaired) electrons. The highest BCUT2D eigenvalue weighted by molar-refractivity contribution is 9.10. The van der Waals surface area contributed by atoms with Gasteiger partial charge in [0.1, 0.15) is 16.5 Å². The summed E-state index contributed by atoms with van der Waals surface area (Å²) >= 11 is 19.5. The van der Waals surface area contributed by atoms with E-state index in [1.54, 1.807) is 37.5 Å². The molecule has 0 amide bonds. The van der Waals surface area contributed by atoms with Crippen LogP contribution in [0.3, 0.4) is 0 Å². The summed E-state index contributed by atoms with van der Waals surface area (Å²) in [6, 6.07) is 32.9. The van der Waals surface area contributed by atoms with Gasteiger partial charge in [-0.3, -0.25) is 14.8 Å². The van der Waals surface area contributed by atoms with Crippen molar-refractivity contribution in [1.29, 1.82) is 0 Å². The van der Waals surface area contributed by atoms with Crippen LogP contribution in [0.25, 0.3) is 26.6 Å². The van der Waals surface area contributed by atoms with Gasteiger partial charge < -0.3 is 20.7 Å². The summed E-state index contributed by atoms with van der Waals surface area (Å²) in [6.45, 7) is 3.10. The van der Waals surface area contributed by atoms with Gasteiger partial charge in [-0.2, -0.15) is 0 Å². The van der Waals surface area contributed by atoms with Crippen LogP contribution in [-0.4, -0.2) is 60.8 Å². The second-order valence-corrected chi connectivity index (χ2v) is 16.9. The number of halogens is 4. The van der Waals surface area contributed by atoms with Gasteiger partial charge in [0.15, 0.2) is 5.78 Å². The number of aromatic nitrogens is 5. The van der Waals surface area contributed by atoms with Crippen molar-refractivity contribution in [2.75, 3.05) is 17.2 Å². The number of aromatic carboxylic acids is 1. The number of thiophene rings is 1. The van der Waals surface area contributed by atoms with Crippen molar-refractivity contribution >= 4 is 140 Å². The van der Waals surface area contributed by atoms with Crippen molar-refractivity contribution in [3.63, 3.8) is 0 Å². The number of hydrogen-bond acceptors (Lipinski definition) is 11. The largest absolute Gasteiger partial charge is 0.477 e. The Labute approximate surface area is 386 Å². The van der Waals surface area contributed by atoms with E-state index in [9.17, 15) is 9.59 Å². The highest BCUT2D eigenvalue weighted by Crippen LogP contribution is 2.29. The average Bonchev–Trinajstić information content (AvgIpc) is 4.09. The van der Waals surface area contributed by atoms with E-state index in [1.165, 1.54) is 16.9 Å². The monoisotopic (exact) mass is 1010 g/mol. The zero-order valence-corrected chi connectivity index (χ0v) is 38.0. The number of allylic oxidation sites excluding steroid dienone is 1. The molecule has 6 heterocycles. The number of carboxylic acids is 1. The van der Waals surface area contributed by atoms with Crippen LogP contribution in [0, 0.1) is 0 Å². The number of carbonyl (C=O) groups is 2. The Balaban J connectivity index is 0.000000126. The molecule has 2 aliphatic rings. The van der Waals surface area contributed by atoms with E-state index in [4.69, 9.17) is 28.3 Å². The fourth-order valence-corrected chi connectivity index (χ4v) is 8.09. The number of anilines is 4. The molecular weight excluding hydrogens is 977 g/mol. The number of rotatable bonds is 7. The molecule has 4 N–H and O–H groups in total. The summed E-state index contributed by atoms with van der Waals surface area (Å²) in [6.07, 6.45) is 9.12. The lowest BCUT2D eigenvalue weighted by atomic mass is 10.1. The molecule has 10 rings (SSSR count). The lowest BCUT2D eigenvalue weighted by Crippen LogP contribution is -1.96. The number of nitrogens with zero attached hydrogens (tertiary/aromatic N) is 6. The van der Waals surface area contributed by atoms with E-state index in [1.807, 2.05) is 91.3 Å². The number of fused-ring (bicyclic) bond motifs is 3. The van der Waals surface area contributed by atoms with Gasteiger partial charge in [0.2, 0.25) is 10.6 Å². The molecule has 17 heteroatoms. The van der Waals surface area contributed by atoms with Gasteiger partial charge in [-0.1, -0.05) is 68.3 Å². The number of hydrogen-bond donors (Lipinski definition) is 4. The lowest BCUT2D eigenvalue weighted by Gasteiger charge is -2.06. The predicted molar refractivity (Wildman–Crippen MR) is 259 cm³/mol. The second-order valence-electron chi connectivity index (χ2n) is 13.4. The van der Waals surface area contributed by atoms with Crippen molar-refractivity contribution in [2.45, 2.75) is 13.5 Å². The van der Waals surface area contributed by atoms with Crippen LogP contribution < -0.4 is 10.6 Å². The molecular formula is C45H33Br2Cl2N9O3S. The average molecular weight is 1010 g/mol. The zero-order valence-electron chi connectivity index (χ0n) is 32.5. The number of carbonyl (C=O) groups excluding carboxylic acids is 1. The minimum atomic E-state index is -0.864. The maximum atomic E-state index is 11.1. The Morgan fingerprint density at radius 3 is 2.05 bits per heavy atom. The van der Waals surface area contributed by atoms with Gasteiger partial charge in [0.25, 0.3) is 0 Å². The summed E-state index contributed by atoms with van der Waals surface area (Å²) in [5, 5.41) is 17.6. The van der Waals surface area contributed by atoms with Gasteiger partial charge in [0.05, 0.1) is 18.8 Å². The number of ketones is 1. The minimum Gasteiger partial charge on any atom is -0.477 e. The third-order valence-corrected chi connectivity index (χ3v) is 11.4. The Morgan fingerprint density at radius 2 is 1.40 bits per heavy atom. The van der Waals surface area contributed by atoms with Crippen molar-refractivity contribution in [1.82, 2.24) is 24.9 Å². The molecule has 4 aromatic heterocycles. The van der Waals surface area contributed by atoms with E-state index in [-0.39, 0.29) is 16.4 Å². The van der Waals surface area contributed by atoms with Gasteiger partial charge >= 0.3 is 5.97 Å². The number of H-pyrrole nitrogens is 1. The summed E-state index contributed by atoms with van der Waals surface area (Å²) < 4.78 is 2.97. The zero-order chi connectivity index (χ0) is 43.6. The molecule has 2 aliphatic heterocycles. The summed E-state index contributed by atoms with van der Waals surface area (Å²) in [5.41, 5.74) is 8.28. The molecule has 0 bridgehead atoms. The highest BCUT2D eigenvalue weighted by Gasteiger charge is 2.09. The standard InChI is InChI=1S/C14H11ClN4.C12H9ClN4.C10H8BrNO.C9H5BrO2S/c15-14-17-8-6-13(19-14)18-12-3-1-10(2-4-12)11-5-7-16-9-11;13-12-15-4-3-11(17-12)16-10-2-1-8-6-14-7-9(8)5-10;1-6(13)9-4-7-2-3-8(11)5-10(7)12-9;10-6-2-1-5-3-8(9(11)12)13-7(5)4-6/h1-6,8-9H,7H2,(H,17,18,19);1-5,7H,6H2,(H,15,16,17);2-5,12H,1H3;1-4H,(H,11,12). The van der Waals surface area contributed by atoms with Gasteiger partial charge in [-0.15, -0.1) is 11.3 Å². The van der Waals surface area contributed by atoms with E-state index < -0.39 is 5.97 Å². The summed E-state index contributed by atoms with van der Waals surface area (Å²) in [4.78, 5) is 49.4. The topological polar surface area (TPSA) is 170 Å². The highest BCUT2D eigenvalue weighted by atomic mass is 79.9. The van der Waals surface area contributed by atoms with Crippen molar-refractivity contribution in [2.24, 2.45) is 9.98 Å². The number of nitrogens with one attached hydrogen (secondary N) is 3. The Bertz CT molecular complexity index is 2920. The molecule has 12 nitrogen and oxygen atoms in total. The van der Waals surface area contributed by atoms with Crippen LogP contribution in [0.15, 0.2) is 141 Å². The third kappa shape index (κ3) is 12.0. The predicted octanol–water partition coefficient (Wildman–Crippen LogP) is 12.6. The fourth-order valence-electron chi connectivity index (χ4n) is 5.98. The fraction of sp³-hybridized carbons (Fsp3) is 0.0667. The molecule has 62 heavy (non-hydrogen) atoms. The molecule has 0 aliphatic carbocycles. The van der Waals surface area contributed by atoms with Gasteiger partial charge in [-0.25, -0.2) is 24.7 Å². The molecule has 0 unspecified atom stereocenters. The molecule has 0 saturated heterocycles. The Morgan fingerprint density at radius 1 is 0.742 bits per heavy atom. The maximum absolute atomic E-state index is 11.1. The Hall–Kier alpha value is -6.10. The van der Waals surface area contributed by atoms with Crippen molar-refractivity contribution < 1.29 is 14.7 Å². The van der Waals surface area contributed by atoms with Crippen LogP contribution >= 0.6 is 66.4 Å². The number of benzene rings is 4. The maximum Gasteiger partial charge on any atom is 0.345 e. The SMILES string of the molecule is CC(=O)c1cc2ccc(Br)cc2[nH]1.Clc1nccc(Nc2ccc(C3=CCN=C3)cc2)n1.Clc1nccc(Nc2ccc3c(c2)C=NC3)n1.O=C(O)c1cc2ccc(Br)cc2s1. The van der Waals surface area contributed by atoms with E-state index >= 15 is 0 Å². The van der Waals surface area contributed by atoms with Crippen LogP contribution in [0.5, 0.6) is 0 Å². The number of aromatic amines is 1. The molecule has 4 aromatic carbocycles.